The fraction of sp³-hybridized carbons (Fsp3) is 0.220. The Morgan fingerprint density at radius 1 is 0.486 bits per heavy atom. The third-order valence-corrected chi connectivity index (χ3v) is 12.0. The van der Waals surface area contributed by atoms with Crippen LogP contribution in [-0.4, -0.2) is 123 Å². The predicted molar refractivity (Wildman–Crippen MR) is 266 cm³/mol. The normalized spacial score (nSPS) is 14.7. The van der Waals surface area contributed by atoms with Gasteiger partial charge in [-0.1, -0.05) is 18.2 Å². The minimum Gasteiger partial charge on any atom is -0.378 e. The Labute approximate surface area is 402 Å². The summed E-state index contributed by atoms with van der Waals surface area (Å²) in [5.41, 5.74) is 4.57. The molecule has 3 aliphatic heterocycles. The van der Waals surface area contributed by atoms with Crippen molar-refractivity contribution in [2.45, 2.75) is 6.42 Å². The second-order valence-corrected chi connectivity index (χ2v) is 16.5. The number of para-hydroxylation sites is 1. The molecule has 11 rings (SSSR count). The van der Waals surface area contributed by atoms with Crippen LogP contribution in [0.2, 0.25) is 0 Å². The Bertz CT molecular complexity index is 3120. The van der Waals surface area contributed by atoms with Crippen molar-refractivity contribution in [3.63, 3.8) is 0 Å². The van der Waals surface area contributed by atoms with Crippen molar-refractivity contribution in [1.29, 1.82) is 0 Å². The van der Waals surface area contributed by atoms with Crippen LogP contribution in [-0.2, 0) is 9.47 Å². The van der Waals surface area contributed by atoms with Gasteiger partial charge in [-0.15, -0.1) is 0 Å². The van der Waals surface area contributed by atoms with E-state index in [1.165, 1.54) is 10.0 Å². The number of nitrogens with zero attached hydrogens (tertiary/aromatic N) is 14. The van der Waals surface area contributed by atoms with Crippen LogP contribution < -0.4 is 35.4 Å². The van der Waals surface area contributed by atoms with Gasteiger partial charge in [0.25, 0.3) is 0 Å². The molecule has 8 aromatic rings. The Morgan fingerprint density at radius 2 is 0.929 bits per heavy atom. The molecule has 0 spiro atoms. The number of amides is 4. The van der Waals surface area contributed by atoms with Crippen molar-refractivity contribution in [3.05, 3.63) is 134 Å². The van der Waals surface area contributed by atoms with Gasteiger partial charge in [0, 0.05) is 104 Å². The molecule has 0 unspecified atom stereocenters. The van der Waals surface area contributed by atoms with Gasteiger partial charge in [-0.2, -0.15) is 34.9 Å². The molecule has 0 bridgehead atoms. The Kier molecular flexibility index (Phi) is 12.4. The number of hydrogen-bond donors (Lipinski definition) is 2. The number of morpholine rings is 2. The molecule has 0 saturated carbocycles. The summed E-state index contributed by atoms with van der Waals surface area (Å²) in [4.78, 5) is 78.3. The zero-order valence-corrected chi connectivity index (χ0v) is 37.9. The number of ether oxygens (including phenoxy) is 2. The smallest absolute Gasteiger partial charge is 0.345 e. The number of urea groups is 2. The Balaban J connectivity index is 0.984. The van der Waals surface area contributed by atoms with E-state index in [-0.39, 0.29) is 0 Å². The molecule has 70 heavy (non-hydrogen) atoms. The van der Waals surface area contributed by atoms with Gasteiger partial charge in [0.05, 0.1) is 43.3 Å². The molecule has 5 aromatic heterocycles. The monoisotopic (exact) mass is 934 g/mol. The van der Waals surface area contributed by atoms with E-state index in [0.717, 1.165) is 36.0 Å². The number of carbonyl (C=O) groups is 2. The van der Waals surface area contributed by atoms with Crippen molar-refractivity contribution >= 4 is 63.6 Å². The summed E-state index contributed by atoms with van der Waals surface area (Å²) in [6.07, 6.45) is 9.12. The number of nitrogens with one attached hydrogen (secondary N) is 2. The molecule has 3 aliphatic rings. The second kappa shape index (κ2) is 19.8. The van der Waals surface area contributed by atoms with E-state index in [4.69, 9.17) is 39.4 Å². The average Bonchev–Trinajstić information content (AvgIpc) is 3.40. The number of pyridine rings is 3. The second-order valence-electron chi connectivity index (χ2n) is 16.5. The average molecular weight is 935 g/mol. The molecular weight excluding hydrogens is 889 g/mol. The number of carbonyl (C=O) groups excluding carboxylic acids is 2. The zero-order chi connectivity index (χ0) is 47.2. The molecule has 20 heteroatoms. The first-order valence-electron chi connectivity index (χ1n) is 23.0. The topological polar surface area (TPSA) is 209 Å². The lowest BCUT2D eigenvalue weighted by Crippen LogP contribution is -2.53. The van der Waals surface area contributed by atoms with Crippen molar-refractivity contribution in [2.24, 2.45) is 0 Å². The van der Waals surface area contributed by atoms with E-state index < -0.39 is 12.1 Å². The van der Waals surface area contributed by atoms with Crippen LogP contribution in [0.1, 0.15) is 6.42 Å². The van der Waals surface area contributed by atoms with E-state index in [9.17, 15) is 9.59 Å². The molecule has 4 amide bonds. The molecule has 20 nitrogen and oxygen atoms in total. The summed E-state index contributed by atoms with van der Waals surface area (Å²) in [6.45, 7) is 6.53. The van der Waals surface area contributed by atoms with Crippen LogP contribution in [0.15, 0.2) is 134 Å². The highest BCUT2D eigenvalue weighted by Crippen LogP contribution is 2.32. The minimum absolute atomic E-state index is 0.345. The van der Waals surface area contributed by atoms with Crippen LogP contribution in [0.5, 0.6) is 0 Å². The highest BCUT2D eigenvalue weighted by molar-refractivity contribution is 6.13. The molecular formula is C50H46N16O4. The highest BCUT2D eigenvalue weighted by Gasteiger charge is 2.31. The van der Waals surface area contributed by atoms with Gasteiger partial charge in [0.2, 0.25) is 17.8 Å². The van der Waals surface area contributed by atoms with E-state index in [2.05, 4.69) is 40.3 Å². The predicted octanol–water partition coefficient (Wildman–Crippen LogP) is 6.97. The maximum absolute atomic E-state index is 14.8. The Hall–Kier alpha value is -8.75. The molecule has 3 aromatic carbocycles. The van der Waals surface area contributed by atoms with E-state index in [1.807, 2.05) is 54.6 Å². The number of fused-ring (bicyclic) bond motifs is 1. The lowest BCUT2D eigenvalue weighted by atomic mass is 10.1. The largest absolute Gasteiger partial charge is 0.378 e. The summed E-state index contributed by atoms with van der Waals surface area (Å²) in [7, 11) is 0. The number of aromatic nitrogens is 9. The number of anilines is 7. The minimum atomic E-state index is -0.638. The fourth-order valence-corrected chi connectivity index (χ4v) is 8.14. The SMILES string of the molecule is O=C(Nc1ccncc1)N(c1ccc(-c2nc(-c3cnc4ccccc4c3)nc(N3CCOCC3)n2)cc1)N(C(=O)Nc1ccncc1)c1ccc(-c2nc(N3CCC3)nc(N3CCOCC3)n2)cc1. The highest BCUT2D eigenvalue weighted by atomic mass is 16.5. The van der Waals surface area contributed by atoms with Crippen molar-refractivity contribution in [2.75, 3.05) is 101 Å². The number of benzene rings is 3. The molecule has 8 heterocycles. The summed E-state index contributed by atoms with van der Waals surface area (Å²) < 4.78 is 11.3. The summed E-state index contributed by atoms with van der Waals surface area (Å²) in [5, 5.41) is 9.42. The van der Waals surface area contributed by atoms with Gasteiger partial charge in [-0.05, 0) is 91.3 Å². The first-order chi connectivity index (χ1) is 34.5. The van der Waals surface area contributed by atoms with Crippen LogP contribution >= 0.6 is 0 Å². The van der Waals surface area contributed by atoms with E-state index in [0.29, 0.717) is 122 Å². The van der Waals surface area contributed by atoms with Crippen LogP contribution in [0.3, 0.4) is 0 Å². The number of hydrogen-bond acceptors (Lipinski definition) is 16. The third kappa shape index (κ3) is 9.53. The van der Waals surface area contributed by atoms with Crippen LogP contribution in [0, 0.1) is 0 Å². The summed E-state index contributed by atoms with van der Waals surface area (Å²) in [5.74, 6) is 3.05. The number of hydrazine groups is 1. The summed E-state index contributed by atoms with van der Waals surface area (Å²) >= 11 is 0. The van der Waals surface area contributed by atoms with Gasteiger partial charge >= 0.3 is 12.1 Å². The maximum Gasteiger partial charge on any atom is 0.345 e. The van der Waals surface area contributed by atoms with E-state index in [1.54, 1.807) is 79.5 Å². The molecule has 0 atom stereocenters. The zero-order valence-electron chi connectivity index (χ0n) is 37.9. The lowest BCUT2D eigenvalue weighted by Gasteiger charge is -2.35. The first kappa shape index (κ1) is 43.8. The third-order valence-electron chi connectivity index (χ3n) is 12.0. The van der Waals surface area contributed by atoms with Gasteiger partial charge in [0.1, 0.15) is 0 Å². The van der Waals surface area contributed by atoms with Crippen molar-refractivity contribution in [3.8, 4) is 34.2 Å². The molecule has 0 aliphatic carbocycles. The lowest BCUT2D eigenvalue weighted by molar-refractivity contribution is 0.122. The quantitative estimate of drug-likeness (QED) is 0.133. The van der Waals surface area contributed by atoms with E-state index >= 15 is 0 Å². The Morgan fingerprint density at radius 3 is 1.41 bits per heavy atom. The molecule has 3 fully saturated rings. The maximum atomic E-state index is 14.8. The van der Waals surface area contributed by atoms with Crippen molar-refractivity contribution < 1.29 is 19.1 Å². The molecule has 2 N–H and O–H groups in total. The first-order valence-corrected chi connectivity index (χ1v) is 23.0. The standard InChI is InChI=1S/C50H46N16O4/c67-49(54-38-14-18-51-19-15-38)65(40-10-6-34(7-11-40)43-56-45(60-46(57-43)63-24-28-69-29-25-63)37-32-36-4-1-2-5-42(36)53-33-37)66(50(68)55-39-16-20-52-21-17-39)41-12-8-35(9-13-41)44-58-47(62-22-3-23-62)61-48(59-44)64-26-30-70-31-27-64/h1-2,4-21,32-33H,3,22-31H2,(H,51,54,67)(H,52,55,68). The summed E-state index contributed by atoms with van der Waals surface area (Å²) in [6, 6.07) is 29.6. The van der Waals surface area contributed by atoms with Crippen LogP contribution in [0.25, 0.3) is 45.1 Å². The molecule has 350 valence electrons. The van der Waals surface area contributed by atoms with Crippen molar-refractivity contribution in [1.82, 2.24) is 44.9 Å². The number of rotatable bonds is 10. The fourth-order valence-electron chi connectivity index (χ4n) is 8.14. The molecule has 0 radical (unpaired) electrons. The molecule has 3 saturated heterocycles. The van der Waals surface area contributed by atoms with Gasteiger partial charge < -0.3 is 34.8 Å². The van der Waals surface area contributed by atoms with Gasteiger partial charge in [-0.25, -0.2) is 14.6 Å². The van der Waals surface area contributed by atoms with Gasteiger partial charge in [0.15, 0.2) is 17.5 Å². The van der Waals surface area contributed by atoms with Gasteiger partial charge in [-0.3, -0.25) is 15.0 Å². The van der Waals surface area contributed by atoms with Crippen LogP contribution in [0.4, 0.5) is 50.2 Å².